The summed E-state index contributed by atoms with van der Waals surface area (Å²) in [6.07, 6.45) is 2.13. The van der Waals surface area contributed by atoms with Gasteiger partial charge in [0.05, 0.1) is 10.6 Å². The summed E-state index contributed by atoms with van der Waals surface area (Å²) in [7, 11) is 0. The fourth-order valence-electron chi connectivity index (χ4n) is 5.39. The third-order valence-electron chi connectivity index (χ3n) is 7.42. The fraction of sp³-hybridized carbons (Fsp3) is 0.385. The van der Waals surface area contributed by atoms with Crippen molar-refractivity contribution in [3.8, 4) is 9.75 Å². The molecule has 6 rings (SSSR count). The largest absolute Gasteiger partial charge is 0.292 e. The van der Waals surface area contributed by atoms with Crippen molar-refractivity contribution in [1.29, 1.82) is 0 Å². The van der Waals surface area contributed by atoms with Crippen LogP contribution in [0.1, 0.15) is 63.1 Å². The summed E-state index contributed by atoms with van der Waals surface area (Å²) in [4.78, 5) is 41.9. The quantitative estimate of drug-likeness (QED) is 0.347. The van der Waals surface area contributed by atoms with Gasteiger partial charge in [-0.05, 0) is 66.2 Å². The maximum atomic E-state index is 12.8. The van der Waals surface area contributed by atoms with Gasteiger partial charge < -0.3 is 0 Å². The minimum absolute atomic E-state index is 0.113. The fourth-order valence-corrected chi connectivity index (χ4v) is 10.9. The molecule has 2 aliphatic carbocycles. The van der Waals surface area contributed by atoms with Gasteiger partial charge in [-0.1, -0.05) is 52.1 Å². The lowest BCUT2D eigenvalue weighted by Gasteiger charge is -2.28. The van der Waals surface area contributed by atoms with Gasteiger partial charge in [-0.2, -0.15) is 0 Å². The molecule has 2 fully saturated rings. The van der Waals surface area contributed by atoms with Crippen LogP contribution in [0.4, 0.5) is 5.00 Å². The molecule has 2 saturated heterocycles. The SMILES string of the molecule is CCN1C(=O)C(=NC2=Cc3sc4c(c3C2(C)C)C(C)(C)c2cc(N=C3SC(=S)N(CC)C3=O)sc2-4)SC1=S. The van der Waals surface area contributed by atoms with Crippen molar-refractivity contribution in [2.45, 2.75) is 52.4 Å². The molecule has 0 unspecified atom stereocenters. The molecule has 0 aromatic carbocycles. The molecule has 2 aromatic heterocycles. The number of thiocarbonyl (C=S) groups is 2. The molecule has 0 spiro atoms. The van der Waals surface area contributed by atoms with E-state index in [0.717, 1.165) is 10.7 Å². The van der Waals surface area contributed by atoms with Crippen LogP contribution in [-0.2, 0) is 20.4 Å². The molecule has 12 heteroatoms. The number of thiophene rings is 2. The molecule has 196 valence electrons. The Bertz CT molecular complexity index is 1590. The molecule has 38 heavy (non-hydrogen) atoms. The van der Waals surface area contributed by atoms with E-state index in [1.54, 1.807) is 32.5 Å². The number of hydrogen-bond donors (Lipinski definition) is 0. The topological polar surface area (TPSA) is 65.3 Å². The molecule has 2 aromatic rings. The second kappa shape index (κ2) is 8.90. The van der Waals surface area contributed by atoms with Gasteiger partial charge in [0.1, 0.15) is 13.6 Å². The summed E-state index contributed by atoms with van der Waals surface area (Å²) in [6, 6.07) is 2.13. The van der Waals surface area contributed by atoms with E-state index in [9.17, 15) is 9.59 Å². The first-order chi connectivity index (χ1) is 17.9. The summed E-state index contributed by atoms with van der Waals surface area (Å²) in [5.74, 6) is -0.230. The van der Waals surface area contributed by atoms with Crippen molar-refractivity contribution in [2.24, 2.45) is 9.98 Å². The molecular weight excluding hydrogens is 593 g/mol. The molecule has 0 N–H and O–H groups in total. The molecule has 0 atom stereocenters. The summed E-state index contributed by atoms with van der Waals surface area (Å²) in [6.45, 7) is 13.8. The van der Waals surface area contributed by atoms with E-state index in [4.69, 9.17) is 34.4 Å². The van der Waals surface area contributed by atoms with E-state index in [1.165, 1.54) is 54.8 Å². The van der Waals surface area contributed by atoms with Crippen molar-refractivity contribution in [2.75, 3.05) is 13.1 Å². The Kier molecular flexibility index (Phi) is 6.21. The number of fused-ring (bicyclic) bond motifs is 5. The highest BCUT2D eigenvalue weighted by molar-refractivity contribution is 8.35. The molecule has 0 bridgehead atoms. The van der Waals surface area contributed by atoms with Gasteiger partial charge in [-0.15, -0.1) is 22.7 Å². The number of rotatable bonds is 4. The van der Waals surface area contributed by atoms with Gasteiger partial charge in [0.25, 0.3) is 11.8 Å². The van der Waals surface area contributed by atoms with E-state index in [2.05, 4.69) is 39.8 Å². The Labute approximate surface area is 248 Å². The molecule has 2 amide bonds. The lowest BCUT2D eigenvalue weighted by atomic mass is 9.75. The highest BCUT2D eigenvalue weighted by atomic mass is 32.2. The first-order valence-corrected chi connectivity index (χ1v) is 16.3. The Balaban J connectivity index is 1.39. The smallest absolute Gasteiger partial charge is 0.285 e. The Morgan fingerprint density at radius 3 is 1.95 bits per heavy atom. The standard InChI is InChI=1S/C26H24N4O2S6/c1-7-29-21(31)19(37-23(29)33)27-13-10-12-15(26(13,5)6)16-18(35-12)17-11(25(16,3)4)9-14(36-17)28-20-22(32)30(8-2)24(34)38-20/h9-10H,7-8H2,1-6H3. The van der Waals surface area contributed by atoms with Crippen LogP contribution in [0.15, 0.2) is 21.7 Å². The predicted molar refractivity (Wildman–Crippen MR) is 170 cm³/mol. The van der Waals surface area contributed by atoms with Crippen molar-refractivity contribution < 1.29 is 9.59 Å². The van der Waals surface area contributed by atoms with Crippen molar-refractivity contribution in [3.05, 3.63) is 33.3 Å². The van der Waals surface area contributed by atoms with Crippen LogP contribution in [0.25, 0.3) is 15.8 Å². The highest BCUT2D eigenvalue weighted by Crippen LogP contribution is 2.63. The van der Waals surface area contributed by atoms with E-state index in [-0.39, 0.29) is 22.6 Å². The third-order valence-corrected chi connectivity index (χ3v) is 12.4. The van der Waals surface area contributed by atoms with Crippen molar-refractivity contribution in [3.63, 3.8) is 0 Å². The summed E-state index contributed by atoms with van der Waals surface area (Å²) in [5.41, 5.74) is 4.16. The zero-order valence-corrected chi connectivity index (χ0v) is 26.5. The number of amides is 2. The Hall–Kier alpha value is -1.70. The molecule has 0 radical (unpaired) electrons. The molecule has 4 heterocycles. The second-order valence-corrected chi connectivity index (χ2v) is 15.6. The highest BCUT2D eigenvalue weighted by Gasteiger charge is 2.48. The van der Waals surface area contributed by atoms with E-state index in [0.29, 0.717) is 31.8 Å². The van der Waals surface area contributed by atoms with E-state index >= 15 is 0 Å². The monoisotopic (exact) mass is 616 g/mol. The van der Waals surface area contributed by atoms with Gasteiger partial charge in [0, 0.05) is 33.7 Å². The van der Waals surface area contributed by atoms with Gasteiger partial charge in [-0.3, -0.25) is 19.4 Å². The number of thioether (sulfide) groups is 2. The van der Waals surface area contributed by atoms with Gasteiger partial charge in [-0.25, -0.2) is 9.98 Å². The van der Waals surface area contributed by atoms with Crippen LogP contribution < -0.4 is 0 Å². The van der Waals surface area contributed by atoms with Crippen molar-refractivity contribution in [1.82, 2.24) is 9.80 Å². The molecular formula is C26H24N4O2S6. The number of carbonyl (C=O) groups excluding carboxylic acids is 2. The summed E-state index contributed by atoms with van der Waals surface area (Å²) in [5, 5.41) is 1.72. The van der Waals surface area contributed by atoms with Crippen molar-refractivity contribution >= 4 is 112 Å². The lowest BCUT2D eigenvalue weighted by Crippen LogP contribution is -2.30. The first-order valence-electron chi connectivity index (χ1n) is 12.2. The van der Waals surface area contributed by atoms with Crippen LogP contribution in [-0.4, -0.2) is 53.4 Å². The average molecular weight is 617 g/mol. The molecule has 2 aliphatic heterocycles. The Morgan fingerprint density at radius 2 is 1.39 bits per heavy atom. The van der Waals surface area contributed by atoms with Crippen LogP contribution in [0, 0.1) is 0 Å². The van der Waals surface area contributed by atoms with Crippen LogP contribution in [0.5, 0.6) is 0 Å². The normalized spacial score (nSPS) is 23.3. The van der Waals surface area contributed by atoms with Gasteiger partial charge in [0.2, 0.25) is 0 Å². The molecule has 4 aliphatic rings. The second-order valence-electron chi connectivity index (χ2n) is 10.3. The zero-order valence-electron chi connectivity index (χ0n) is 21.6. The number of allylic oxidation sites excluding steroid dienone is 1. The minimum Gasteiger partial charge on any atom is -0.292 e. The minimum atomic E-state index is -0.352. The molecule has 0 saturated carbocycles. The lowest BCUT2D eigenvalue weighted by molar-refractivity contribution is -0.120. The average Bonchev–Trinajstić information content (AvgIpc) is 3.62. The summed E-state index contributed by atoms with van der Waals surface area (Å²) < 4.78 is 1.13. The maximum Gasteiger partial charge on any atom is 0.285 e. The number of nitrogens with zero attached hydrogens (tertiary/aromatic N) is 4. The maximum absolute atomic E-state index is 12.8. The Morgan fingerprint density at radius 1 is 0.816 bits per heavy atom. The third kappa shape index (κ3) is 3.63. The van der Waals surface area contributed by atoms with Crippen LogP contribution in [0.2, 0.25) is 0 Å². The summed E-state index contributed by atoms with van der Waals surface area (Å²) >= 11 is 16.7. The number of aliphatic imine (C=N–C) groups is 2. The van der Waals surface area contributed by atoms with Gasteiger partial charge in [0.15, 0.2) is 10.1 Å². The zero-order chi connectivity index (χ0) is 27.3. The van der Waals surface area contributed by atoms with E-state index < -0.39 is 0 Å². The molecule has 6 nitrogen and oxygen atoms in total. The number of hydrogen-bond acceptors (Lipinski definition) is 10. The number of carbonyl (C=O) groups is 2. The predicted octanol–water partition coefficient (Wildman–Crippen LogP) is 6.94. The van der Waals surface area contributed by atoms with Crippen LogP contribution >= 0.6 is 70.6 Å². The van der Waals surface area contributed by atoms with Gasteiger partial charge >= 0.3 is 0 Å². The van der Waals surface area contributed by atoms with E-state index in [1.807, 2.05) is 13.8 Å². The first kappa shape index (κ1) is 26.5. The van der Waals surface area contributed by atoms with Crippen LogP contribution in [0.3, 0.4) is 0 Å².